The Labute approximate surface area is 157 Å². The average molecular weight is 382 g/mol. The predicted molar refractivity (Wildman–Crippen MR) is 93.4 cm³/mol. The molecule has 3 N–H and O–H groups in total. The summed E-state index contributed by atoms with van der Waals surface area (Å²) in [7, 11) is 0. The number of nitrogens with one attached hydrogen (secondary N) is 3. The van der Waals surface area contributed by atoms with E-state index in [-0.39, 0.29) is 0 Å². The Morgan fingerprint density at radius 1 is 1.22 bits per heavy atom. The highest BCUT2D eigenvalue weighted by Crippen LogP contribution is 2.34. The quantitative estimate of drug-likeness (QED) is 0.476. The maximum absolute atomic E-state index is 12.5. The number of ether oxygens (including phenoxy) is 1. The topological polar surface area (TPSA) is 134 Å². The van der Waals surface area contributed by atoms with E-state index in [9.17, 15) is 24.0 Å². The van der Waals surface area contributed by atoms with Crippen molar-refractivity contribution in [2.75, 3.05) is 6.54 Å². The normalized spacial score (nSPS) is 19.6. The molecule has 1 aliphatic heterocycles. The SMILES string of the molecule is C[C@@H](OC(=O)CN1C(=O)NC2(CCCC2)C1=O)C(=O)NC(=O)NC(C)(C)C. The van der Waals surface area contributed by atoms with Crippen molar-refractivity contribution in [1.29, 1.82) is 0 Å². The standard InChI is InChI=1S/C17H26N4O6/c1-10(12(23)18-14(25)19-16(2,3)4)27-11(22)9-21-13(24)17(20-15(21)26)7-5-6-8-17/h10H,5-9H2,1-4H3,(H,20,26)(H2,18,19,23,25)/t10-/m1/s1. The van der Waals surface area contributed by atoms with Crippen LogP contribution in [0.5, 0.6) is 0 Å². The van der Waals surface area contributed by atoms with E-state index in [4.69, 9.17) is 4.74 Å². The van der Waals surface area contributed by atoms with Gasteiger partial charge in [0.1, 0.15) is 12.1 Å². The summed E-state index contributed by atoms with van der Waals surface area (Å²) < 4.78 is 4.95. The molecule has 1 atom stereocenters. The molecule has 1 aliphatic carbocycles. The van der Waals surface area contributed by atoms with Gasteiger partial charge in [0.2, 0.25) is 0 Å². The summed E-state index contributed by atoms with van der Waals surface area (Å²) in [6, 6.07) is -1.35. The fourth-order valence-corrected chi connectivity index (χ4v) is 3.14. The zero-order valence-electron chi connectivity index (χ0n) is 16.0. The van der Waals surface area contributed by atoms with Gasteiger partial charge in [-0.25, -0.2) is 9.59 Å². The molecular formula is C17H26N4O6. The summed E-state index contributed by atoms with van der Waals surface area (Å²) in [6.45, 7) is 5.95. The number of hydrogen-bond acceptors (Lipinski definition) is 6. The molecule has 0 aromatic carbocycles. The minimum absolute atomic E-state index is 0.441. The van der Waals surface area contributed by atoms with Gasteiger partial charge in [0, 0.05) is 5.54 Å². The Bertz CT molecular complexity index is 663. The van der Waals surface area contributed by atoms with Crippen molar-refractivity contribution in [3.63, 3.8) is 0 Å². The largest absolute Gasteiger partial charge is 0.451 e. The molecule has 1 spiro atoms. The molecular weight excluding hydrogens is 356 g/mol. The first kappa shape index (κ1) is 20.7. The van der Waals surface area contributed by atoms with Gasteiger partial charge in [-0.3, -0.25) is 24.6 Å². The molecule has 2 aliphatic rings. The summed E-state index contributed by atoms with van der Waals surface area (Å²) in [5.74, 6) is -2.16. The Morgan fingerprint density at radius 2 is 1.81 bits per heavy atom. The molecule has 2 rings (SSSR count). The number of esters is 1. The van der Waals surface area contributed by atoms with Gasteiger partial charge in [-0.1, -0.05) is 12.8 Å². The molecule has 0 bridgehead atoms. The van der Waals surface area contributed by atoms with Gasteiger partial charge in [-0.15, -0.1) is 0 Å². The monoisotopic (exact) mass is 382 g/mol. The molecule has 150 valence electrons. The second-order valence-electron chi connectivity index (χ2n) is 7.94. The van der Waals surface area contributed by atoms with Gasteiger partial charge >= 0.3 is 18.0 Å². The van der Waals surface area contributed by atoms with Crippen molar-refractivity contribution in [3.8, 4) is 0 Å². The van der Waals surface area contributed by atoms with Crippen LogP contribution in [0.3, 0.4) is 0 Å². The number of rotatable bonds is 4. The Balaban J connectivity index is 1.86. The molecule has 1 saturated carbocycles. The first-order valence-electron chi connectivity index (χ1n) is 8.90. The number of carbonyl (C=O) groups excluding carboxylic acids is 5. The molecule has 1 saturated heterocycles. The van der Waals surface area contributed by atoms with Crippen LogP contribution in [0, 0.1) is 0 Å². The van der Waals surface area contributed by atoms with Crippen molar-refractivity contribution in [1.82, 2.24) is 20.9 Å². The molecule has 0 aromatic heterocycles. The van der Waals surface area contributed by atoms with E-state index in [1.807, 2.05) is 0 Å². The third kappa shape index (κ3) is 4.95. The minimum atomic E-state index is -1.26. The summed E-state index contributed by atoms with van der Waals surface area (Å²) in [4.78, 5) is 61.0. The summed E-state index contributed by atoms with van der Waals surface area (Å²) in [5.41, 5.74) is -1.45. The van der Waals surface area contributed by atoms with Crippen LogP contribution in [-0.2, 0) is 19.1 Å². The summed E-state index contributed by atoms with van der Waals surface area (Å²) in [5, 5.41) is 7.26. The van der Waals surface area contributed by atoms with Crippen LogP contribution < -0.4 is 16.0 Å². The Hall–Kier alpha value is -2.65. The predicted octanol–water partition coefficient (Wildman–Crippen LogP) is 0.407. The zero-order chi connectivity index (χ0) is 20.4. The highest BCUT2D eigenvalue weighted by atomic mass is 16.5. The average Bonchev–Trinajstić information content (AvgIpc) is 3.06. The van der Waals surface area contributed by atoms with E-state index in [0.29, 0.717) is 12.8 Å². The lowest BCUT2D eigenvalue weighted by Crippen LogP contribution is -2.51. The van der Waals surface area contributed by atoms with Gasteiger partial charge in [0.05, 0.1) is 0 Å². The molecule has 2 fully saturated rings. The molecule has 1 heterocycles. The number of imide groups is 2. The summed E-state index contributed by atoms with van der Waals surface area (Å²) in [6.07, 6.45) is 1.50. The second kappa shape index (κ2) is 7.53. The van der Waals surface area contributed by atoms with E-state index >= 15 is 0 Å². The summed E-state index contributed by atoms with van der Waals surface area (Å²) >= 11 is 0. The van der Waals surface area contributed by atoms with Crippen LogP contribution in [-0.4, -0.2) is 58.5 Å². The van der Waals surface area contributed by atoms with Crippen LogP contribution >= 0.6 is 0 Å². The fourth-order valence-electron chi connectivity index (χ4n) is 3.14. The van der Waals surface area contributed by atoms with Gasteiger partial charge < -0.3 is 15.4 Å². The first-order valence-corrected chi connectivity index (χ1v) is 8.90. The molecule has 27 heavy (non-hydrogen) atoms. The van der Waals surface area contributed by atoms with Crippen molar-refractivity contribution in [2.24, 2.45) is 0 Å². The van der Waals surface area contributed by atoms with Gasteiger partial charge in [-0.05, 0) is 40.5 Å². The van der Waals surface area contributed by atoms with E-state index in [1.165, 1.54) is 6.92 Å². The number of hydrogen-bond donors (Lipinski definition) is 3. The van der Waals surface area contributed by atoms with Crippen LogP contribution in [0.4, 0.5) is 9.59 Å². The van der Waals surface area contributed by atoms with Crippen molar-refractivity contribution >= 4 is 29.8 Å². The van der Waals surface area contributed by atoms with Crippen LogP contribution in [0.2, 0.25) is 0 Å². The Morgan fingerprint density at radius 3 is 2.37 bits per heavy atom. The fraction of sp³-hybridized carbons (Fsp3) is 0.706. The lowest BCUT2D eigenvalue weighted by molar-refractivity contribution is -0.156. The molecule has 0 unspecified atom stereocenters. The van der Waals surface area contributed by atoms with Crippen LogP contribution in [0.25, 0.3) is 0 Å². The zero-order valence-corrected chi connectivity index (χ0v) is 16.0. The third-order valence-electron chi connectivity index (χ3n) is 4.39. The molecule has 0 aromatic rings. The van der Waals surface area contributed by atoms with Gasteiger partial charge in [0.25, 0.3) is 11.8 Å². The highest BCUT2D eigenvalue weighted by molar-refractivity contribution is 6.09. The van der Waals surface area contributed by atoms with Crippen LogP contribution in [0.15, 0.2) is 0 Å². The lowest BCUT2D eigenvalue weighted by Gasteiger charge is -2.21. The van der Waals surface area contributed by atoms with Gasteiger partial charge in [-0.2, -0.15) is 0 Å². The minimum Gasteiger partial charge on any atom is -0.451 e. The van der Waals surface area contributed by atoms with Gasteiger partial charge in [0.15, 0.2) is 6.10 Å². The number of urea groups is 2. The number of nitrogens with zero attached hydrogens (tertiary/aromatic N) is 1. The van der Waals surface area contributed by atoms with Crippen molar-refractivity contribution in [3.05, 3.63) is 0 Å². The maximum Gasteiger partial charge on any atom is 0.327 e. The first-order chi connectivity index (χ1) is 12.4. The third-order valence-corrected chi connectivity index (χ3v) is 4.39. The molecule has 6 amide bonds. The Kier molecular flexibility index (Phi) is 5.76. The number of amides is 6. The lowest BCUT2D eigenvalue weighted by atomic mass is 9.98. The van der Waals surface area contributed by atoms with E-state index < -0.39 is 53.6 Å². The van der Waals surface area contributed by atoms with Crippen molar-refractivity contribution < 1.29 is 28.7 Å². The van der Waals surface area contributed by atoms with E-state index in [0.717, 1.165) is 17.7 Å². The highest BCUT2D eigenvalue weighted by Gasteiger charge is 2.52. The second-order valence-corrected chi connectivity index (χ2v) is 7.94. The molecule has 0 radical (unpaired) electrons. The van der Waals surface area contributed by atoms with E-state index in [1.54, 1.807) is 20.8 Å². The van der Waals surface area contributed by atoms with E-state index in [2.05, 4.69) is 16.0 Å². The maximum atomic E-state index is 12.5. The van der Waals surface area contributed by atoms with Crippen LogP contribution in [0.1, 0.15) is 53.4 Å². The smallest absolute Gasteiger partial charge is 0.327 e. The molecule has 10 nitrogen and oxygen atoms in total. The van der Waals surface area contributed by atoms with Crippen molar-refractivity contribution in [2.45, 2.75) is 70.6 Å². The number of carbonyl (C=O) groups is 5. The molecule has 10 heteroatoms.